The van der Waals surface area contributed by atoms with E-state index < -0.39 is 5.60 Å². The molecule has 0 saturated carbocycles. The van der Waals surface area contributed by atoms with Crippen LogP contribution in [0.4, 0.5) is 5.69 Å². The first-order chi connectivity index (χ1) is 9.67. The van der Waals surface area contributed by atoms with Crippen LogP contribution in [0.1, 0.15) is 24.0 Å². The van der Waals surface area contributed by atoms with Crippen molar-refractivity contribution in [3.05, 3.63) is 58.3 Å². The highest BCUT2D eigenvalue weighted by Gasteiger charge is 2.33. The molecule has 1 aromatic heterocycles. The molecule has 1 aliphatic carbocycles. The Morgan fingerprint density at radius 1 is 1.30 bits per heavy atom. The Morgan fingerprint density at radius 3 is 3.00 bits per heavy atom. The van der Waals surface area contributed by atoms with Crippen LogP contribution in [0, 0.1) is 0 Å². The number of pyridine rings is 1. The number of fused-ring (bicyclic) bond motifs is 1. The van der Waals surface area contributed by atoms with Crippen molar-refractivity contribution >= 4 is 21.6 Å². The van der Waals surface area contributed by atoms with Crippen molar-refractivity contribution in [3.8, 4) is 0 Å². The van der Waals surface area contributed by atoms with Crippen LogP contribution in [-0.2, 0) is 12.0 Å². The summed E-state index contributed by atoms with van der Waals surface area (Å²) in [5.74, 6) is 0. The van der Waals surface area contributed by atoms with Gasteiger partial charge in [0.25, 0.3) is 0 Å². The van der Waals surface area contributed by atoms with Crippen molar-refractivity contribution in [1.29, 1.82) is 0 Å². The molecule has 104 valence electrons. The fourth-order valence-corrected chi connectivity index (χ4v) is 3.20. The lowest BCUT2D eigenvalue weighted by atomic mass is 9.79. The summed E-state index contributed by atoms with van der Waals surface area (Å²) < 4.78 is 0.929. The molecular weight excluding hydrogens is 316 g/mol. The lowest BCUT2D eigenvalue weighted by Crippen LogP contribution is -2.37. The minimum absolute atomic E-state index is 0.502. The van der Waals surface area contributed by atoms with Gasteiger partial charge in [0.15, 0.2) is 0 Å². The number of nitrogens with one attached hydrogen (secondary N) is 1. The fraction of sp³-hybridized carbons (Fsp3) is 0.312. The molecule has 1 heterocycles. The lowest BCUT2D eigenvalue weighted by molar-refractivity contribution is 0.0323. The quantitative estimate of drug-likeness (QED) is 0.904. The summed E-state index contributed by atoms with van der Waals surface area (Å²) in [6, 6.07) is 10.1. The van der Waals surface area contributed by atoms with Crippen molar-refractivity contribution in [2.75, 3.05) is 11.9 Å². The van der Waals surface area contributed by atoms with Crippen LogP contribution in [0.3, 0.4) is 0 Å². The van der Waals surface area contributed by atoms with E-state index in [0.29, 0.717) is 6.54 Å². The first kappa shape index (κ1) is 13.6. The van der Waals surface area contributed by atoms with Crippen molar-refractivity contribution < 1.29 is 5.11 Å². The molecule has 0 amide bonds. The molecule has 0 aliphatic heterocycles. The summed E-state index contributed by atoms with van der Waals surface area (Å²) in [7, 11) is 0. The van der Waals surface area contributed by atoms with Gasteiger partial charge in [-0.15, -0.1) is 0 Å². The molecule has 0 radical (unpaired) electrons. The van der Waals surface area contributed by atoms with Crippen LogP contribution in [0.25, 0.3) is 0 Å². The van der Waals surface area contributed by atoms with Crippen LogP contribution in [0.2, 0.25) is 0 Å². The zero-order valence-corrected chi connectivity index (χ0v) is 12.7. The van der Waals surface area contributed by atoms with Gasteiger partial charge in [-0.2, -0.15) is 0 Å². The van der Waals surface area contributed by atoms with Crippen molar-refractivity contribution in [2.24, 2.45) is 0 Å². The van der Waals surface area contributed by atoms with E-state index in [1.807, 2.05) is 24.3 Å². The molecule has 1 atom stereocenters. The Bertz CT molecular complexity index is 617. The van der Waals surface area contributed by atoms with E-state index in [0.717, 1.165) is 35.0 Å². The second-order valence-corrected chi connectivity index (χ2v) is 6.20. The highest BCUT2D eigenvalue weighted by Crippen LogP contribution is 2.35. The number of aliphatic hydroxyl groups is 1. The Labute approximate surface area is 127 Å². The molecule has 0 spiro atoms. The average molecular weight is 333 g/mol. The minimum Gasteiger partial charge on any atom is -0.383 e. The maximum atomic E-state index is 11.0. The monoisotopic (exact) mass is 332 g/mol. The van der Waals surface area contributed by atoms with Gasteiger partial charge in [0.2, 0.25) is 0 Å². The number of rotatable bonds is 3. The Kier molecular flexibility index (Phi) is 3.76. The highest BCUT2D eigenvalue weighted by atomic mass is 79.9. The smallest absolute Gasteiger partial charge is 0.107 e. The van der Waals surface area contributed by atoms with Gasteiger partial charge in [0.1, 0.15) is 5.60 Å². The summed E-state index contributed by atoms with van der Waals surface area (Å²) in [6.45, 7) is 0.502. The van der Waals surface area contributed by atoms with Crippen LogP contribution >= 0.6 is 15.9 Å². The maximum absolute atomic E-state index is 11.0. The Morgan fingerprint density at radius 2 is 2.15 bits per heavy atom. The lowest BCUT2D eigenvalue weighted by Gasteiger charge is -2.35. The normalized spacial score (nSPS) is 21.3. The van der Waals surface area contributed by atoms with Gasteiger partial charge < -0.3 is 10.4 Å². The summed E-state index contributed by atoms with van der Waals surface area (Å²) in [5, 5.41) is 14.3. The number of benzene rings is 1. The number of anilines is 1. The second kappa shape index (κ2) is 5.54. The molecule has 2 N–H and O–H groups in total. The van der Waals surface area contributed by atoms with E-state index in [1.165, 1.54) is 5.56 Å². The third-order valence-electron chi connectivity index (χ3n) is 3.85. The Hall–Kier alpha value is -1.39. The van der Waals surface area contributed by atoms with Gasteiger partial charge in [-0.05, 0) is 52.4 Å². The van der Waals surface area contributed by atoms with Gasteiger partial charge >= 0.3 is 0 Å². The third-order valence-corrected chi connectivity index (χ3v) is 4.28. The molecule has 1 aromatic carbocycles. The predicted molar refractivity (Wildman–Crippen MR) is 83.7 cm³/mol. The molecule has 0 fully saturated rings. The topological polar surface area (TPSA) is 45.1 Å². The van der Waals surface area contributed by atoms with E-state index in [4.69, 9.17) is 0 Å². The van der Waals surface area contributed by atoms with Crippen molar-refractivity contribution in [3.63, 3.8) is 0 Å². The van der Waals surface area contributed by atoms with Crippen LogP contribution in [0.5, 0.6) is 0 Å². The largest absolute Gasteiger partial charge is 0.383 e. The number of hydrogen-bond acceptors (Lipinski definition) is 3. The number of halogens is 1. The van der Waals surface area contributed by atoms with E-state index >= 15 is 0 Å². The molecule has 3 rings (SSSR count). The number of aryl methyl sites for hydroxylation is 1. The first-order valence-corrected chi connectivity index (χ1v) is 7.62. The third kappa shape index (κ3) is 2.72. The number of hydrogen-bond donors (Lipinski definition) is 2. The molecule has 4 heteroatoms. The predicted octanol–water partition coefficient (Wildman–Crippen LogP) is 3.48. The standard InChI is InChI=1S/C16H17BrN2O/c17-13-8-14(10-18-9-13)19-11-16(20)7-3-5-12-4-1-2-6-15(12)16/h1-2,4,6,8-10,19-20H,3,5,7,11H2. The molecular formula is C16H17BrN2O. The summed E-state index contributed by atoms with van der Waals surface area (Å²) >= 11 is 3.40. The molecule has 0 bridgehead atoms. The van der Waals surface area contributed by atoms with E-state index in [2.05, 4.69) is 32.3 Å². The SMILES string of the molecule is OC1(CNc2cncc(Br)c2)CCCc2ccccc21. The number of nitrogens with zero attached hydrogens (tertiary/aromatic N) is 1. The number of aromatic nitrogens is 1. The van der Waals surface area contributed by atoms with Crippen molar-refractivity contribution in [2.45, 2.75) is 24.9 Å². The van der Waals surface area contributed by atoms with Gasteiger partial charge in [0.05, 0.1) is 11.9 Å². The highest BCUT2D eigenvalue weighted by molar-refractivity contribution is 9.10. The second-order valence-electron chi connectivity index (χ2n) is 5.29. The molecule has 0 saturated heterocycles. The average Bonchev–Trinajstić information content (AvgIpc) is 2.46. The molecule has 1 unspecified atom stereocenters. The first-order valence-electron chi connectivity index (χ1n) is 6.83. The van der Waals surface area contributed by atoms with Gasteiger partial charge in [-0.3, -0.25) is 4.98 Å². The summed E-state index contributed by atoms with van der Waals surface area (Å²) in [5.41, 5.74) is 2.44. The minimum atomic E-state index is -0.794. The zero-order chi connectivity index (χ0) is 14.0. The van der Waals surface area contributed by atoms with Crippen molar-refractivity contribution in [1.82, 2.24) is 4.98 Å². The van der Waals surface area contributed by atoms with Gasteiger partial charge in [-0.25, -0.2) is 0 Å². The van der Waals surface area contributed by atoms with Gasteiger partial charge in [-0.1, -0.05) is 24.3 Å². The zero-order valence-electron chi connectivity index (χ0n) is 11.1. The molecule has 3 nitrogen and oxygen atoms in total. The van der Waals surface area contributed by atoms with Crippen LogP contribution < -0.4 is 5.32 Å². The van der Waals surface area contributed by atoms with Crippen LogP contribution in [-0.4, -0.2) is 16.6 Å². The van der Waals surface area contributed by atoms with E-state index in [1.54, 1.807) is 12.4 Å². The molecule has 20 heavy (non-hydrogen) atoms. The van der Waals surface area contributed by atoms with E-state index in [-0.39, 0.29) is 0 Å². The molecule has 1 aliphatic rings. The Balaban J connectivity index is 1.80. The van der Waals surface area contributed by atoms with Crippen LogP contribution in [0.15, 0.2) is 47.2 Å². The van der Waals surface area contributed by atoms with Gasteiger partial charge in [0, 0.05) is 17.2 Å². The maximum Gasteiger partial charge on any atom is 0.107 e. The summed E-state index contributed by atoms with van der Waals surface area (Å²) in [4.78, 5) is 4.12. The summed E-state index contributed by atoms with van der Waals surface area (Å²) in [6.07, 6.45) is 6.37. The van der Waals surface area contributed by atoms with E-state index in [9.17, 15) is 5.11 Å². The fourth-order valence-electron chi connectivity index (χ4n) is 2.84. The molecule has 2 aromatic rings.